The van der Waals surface area contributed by atoms with E-state index >= 15 is 0 Å². The summed E-state index contributed by atoms with van der Waals surface area (Å²) < 4.78 is 12.5. The molecule has 1 aromatic carbocycles. The predicted octanol–water partition coefficient (Wildman–Crippen LogP) is 3.38. The van der Waals surface area contributed by atoms with E-state index in [-0.39, 0.29) is 0 Å². The lowest BCUT2D eigenvalue weighted by atomic mass is 10.1. The van der Waals surface area contributed by atoms with Crippen LogP contribution in [0.25, 0.3) is 17.0 Å². The number of hydrogen-bond donors (Lipinski definition) is 0. The van der Waals surface area contributed by atoms with Crippen molar-refractivity contribution < 1.29 is 4.39 Å². The third-order valence-corrected chi connectivity index (χ3v) is 1.95. The molecule has 2 rings (SSSR count). The molecule has 0 fully saturated rings. The Bertz CT molecular complexity index is 484. The molecule has 69 valence electrons. The van der Waals surface area contributed by atoms with Gasteiger partial charge in [-0.1, -0.05) is 18.2 Å². The van der Waals surface area contributed by atoms with Crippen molar-refractivity contribution in [2.45, 2.75) is 0 Å². The Hall–Kier alpha value is -1.70. The van der Waals surface area contributed by atoms with Crippen LogP contribution in [0.15, 0.2) is 42.4 Å². The van der Waals surface area contributed by atoms with Gasteiger partial charge in [-0.25, -0.2) is 4.39 Å². The first-order valence-electron chi connectivity index (χ1n) is 4.30. The van der Waals surface area contributed by atoms with Gasteiger partial charge in [0.05, 0.1) is 5.52 Å². The van der Waals surface area contributed by atoms with Gasteiger partial charge in [0.15, 0.2) is 0 Å². The standard InChI is InChI=1S/C12H9FN/c1-9(13)7-10-4-5-11-3-2-6-14-12(11)8-10/h2-8H,1H2/b9-7-. The molecule has 0 unspecified atom stereocenters. The van der Waals surface area contributed by atoms with Gasteiger partial charge in [0.25, 0.3) is 0 Å². The summed E-state index contributed by atoms with van der Waals surface area (Å²) in [6, 6.07) is 9.43. The summed E-state index contributed by atoms with van der Waals surface area (Å²) in [4.78, 5) is 4.18. The largest absolute Gasteiger partial charge is 0.256 e. The number of aromatic nitrogens is 1. The minimum absolute atomic E-state index is 0.444. The fraction of sp³-hybridized carbons (Fsp3) is 0. The number of halogens is 1. The van der Waals surface area contributed by atoms with E-state index in [1.54, 1.807) is 6.20 Å². The molecular weight excluding hydrogens is 177 g/mol. The number of benzene rings is 1. The maximum Gasteiger partial charge on any atom is 0.101 e. The van der Waals surface area contributed by atoms with Crippen LogP contribution in [0.4, 0.5) is 4.39 Å². The summed E-state index contributed by atoms with van der Waals surface area (Å²) in [5.74, 6) is -0.444. The maximum atomic E-state index is 12.5. The molecule has 0 saturated carbocycles. The zero-order valence-corrected chi connectivity index (χ0v) is 7.57. The fourth-order valence-corrected chi connectivity index (χ4v) is 1.35. The highest BCUT2D eigenvalue weighted by atomic mass is 19.1. The quantitative estimate of drug-likeness (QED) is 0.665. The third kappa shape index (κ3) is 1.79. The van der Waals surface area contributed by atoms with Gasteiger partial charge in [0, 0.05) is 18.5 Å². The van der Waals surface area contributed by atoms with Crippen molar-refractivity contribution in [3.05, 3.63) is 54.8 Å². The summed E-state index contributed by atoms with van der Waals surface area (Å²) in [5.41, 5.74) is 1.64. The molecule has 0 atom stereocenters. The molecule has 0 amide bonds. The van der Waals surface area contributed by atoms with Gasteiger partial charge in [-0.2, -0.15) is 0 Å². The topological polar surface area (TPSA) is 12.9 Å². The van der Waals surface area contributed by atoms with E-state index in [4.69, 9.17) is 0 Å². The number of fused-ring (bicyclic) bond motifs is 1. The fourth-order valence-electron chi connectivity index (χ4n) is 1.35. The molecule has 14 heavy (non-hydrogen) atoms. The van der Waals surface area contributed by atoms with Gasteiger partial charge in [-0.3, -0.25) is 4.98 Å². The molecule has 0 N–H and O–H groups in total. The lowest BCUT2D eigenvalue weighted by Gasteiger charge is -1.97. The highest BCUT2D eigenvalue weighted by Crippen LogP contribution is 2.15. The monoisotopic (exact) mass is 186 g/mol. The predicted molar refractivity (Wildman–Crippen MR) is 56.2 cm³/mol. The number of allylic oxidation sites excluding steroid dienone is 1. The minimum Gasteiger partial charge on any atom is -0.256 e. The molecule has 2 aromatic rings. The van der Waals surface area contributed by atoms with E-state index in [1.807, 2.05) is 30.3 Å². The Morgan fingerprint density at radius 3 is 3.00 bits per heavy atom. The second kappa shape index (κ2) is 3.58. The number of pyridine rings is 1. The number of nitrogens with zero attached hydrogens (tertiary/aromatic N) is 1. The van der Waals surface area contributed by atoms with Crippen molar-refractivity contribution in [3.8, 4) is 0 Å². The van der Waals surface area contributed by atoms with Gasteiger partial charge >= 0.3 is 0 Å². The van der Waals surface area contributed by atoms with Crippen molar-refractivity contribution in [1.82, 2.24) is 4.98 Å². The second-order valence-electron chi connectivity index (χ2n) is 3.05. The molecular formula is C12H9FN. The lowest BCUT2D eigenvalue weighted by Crippen LogP contribution is -1.79. The summed E-state index contributed by atoms with van der Waals surface area (Å²) >= 11 is 0. The van der Waals surface area contributed by atoms with Crippen LogP contribution in [-0.4, -0.2) is 4.98 Å². The van der Waals surface area contributed by atoms with Gasteiger partial charge in [-0.05, 0) is 23.8 Å². The summed E-state index contributed by atoms with van der Waals surface area (Å²) in [6.45, 7) is 3.19. The molecule has 0 spiro atoms. The molecule has 0 aliphatic heterocycles. The van der Waals surface area contributed by atoms with Crippen LogP contribution in [0, 0.1) is 6.92 Å². The van der Waals surface area contributed by atoms with Crippen LogP contribution in [0.3, 0.4) is 0 Å². The van der Waals surface area contributed by atoms with E-state index in [2.05, 4.69) is 11.9 Å². The van der Waals surface area contributed by atoms with Crippen LogP contribution in [0.1, 0.15) is 5.56 Å². The summed E-state index contributed by atoms with van der Waals surface area (Å²) in [7, 11) is 0. The molecule has 0 aliphatic carbocycles. The number of rotatable bonds is 1. The smallest absolute Gasteiger partial charge is 0.101 e. The minimum atomic E-state index is -0.444. The van der Waals surface area contributed by atoms with Crippen molar-refractivity contribution in [2.24, 2.45) is 0 Å². The van der Waals surface area contributed by atoms with Gasteiger partial charge in [0.1, 0.15) is 5.83 Å². The van der Waals surface area contributed by atoms with Crippen LogP contribution in [-0.2, 0) is 0 Å². The Morgan fingerprint density at radius 1 is 1.36 bits per heavy atom. The van der Waals surface area contributed by atoms with Crippen LogP contribution in [0.2, 0.25) is 0 Å². The first-order chi connectivity index (χ1) is 6.75. The van der Waals surface area contributed by atoms with Crippen molar-refractivity contribution in [1.29, 1.82) is 0 Å². The Kier molecular flexibility index (Phi) is 2.27. The van der Waals surface area contributed by atoms with Crippen LogP contribution < -0.4 is 0 Å². The van der Waals surface area contributed by atoms with E-state index in [1.165, 1.54) is 6.08 Å². The molecule has 0 aliphatic rings. The average Bonchev–Trinajstić information content (AvgIpc) is 2.17. The van der Waals surface area contributed by atoms with Crippen molar-refractivity contribution in [2.75, 3.05) is 0 Å². The van der Waals surface area contributed by atoms with E-state index in [0.29, 0.717) is 0 Å². The summed E-state index contributed by atoms with van der Waals surface area (Å²) in [5, 5.41) is 1.05. The molecule has 1 nitrogen and oxygen atoms in total. The SMILES string of the molecule is [CH2]/C(F)=C/c1ccc2cccnc2c1. The molecule has 1 radical (unpaired) electrons. The van der Waals surface area contributed by atoms with Crippen LogP contribution >= 0.6 is 0 Å². The molecule has 2 heteroatoms. The first kappa shape index (κ1) is 8.88. The normalized spacial score (nSPS) is 12.0. The van der Waals surface area contributed by atoms with Gasteiger partial charge < -0.3 is 0 Å². The molecule has 1 aromatic heterocycles. The number of hydrogen-bond acceptors (Lipinski definition) is 1. The van der Waals surface area contributed by atoms with Gasteiger partial charge in [-0.15, -0.1) is 0 Å². The van der Waals surface area contributed by atoms with Crippen molar-refractivity contribution in [3.63, 3.8) is 0 Å². The maximum absolute atomic E-state index is 12.5. The lowest BCUT2D eigenvalue weighted by molar-refractivity contribution is 0.673. The van der Waals surface area contributed by atoms with E-state index < -0.39 is 5.83 Å². The zero-order chi connectivity index (χ0) is 9.97. The van der Waals surface area contributed by atoms with Crippen molar-refractivity contribution >= 4 is 17.0 Å². The van der Waals surface area contributed by atoms with Crippen LogP contribution in [0.5, 0.6) is 0 Å². The molecule has 0 saturated heterocycles. The second-order valence-corrected chi connectivity index (χ2v) is 3.05. The summed E-state index contributed by atoms with van der Waals surface area (Å²) in [6.07, 6.45) is 3.10. The highest BCUT2D eigenvalue weighted by molar-refractivity contribution is 5.80. The first-order valence-corrected chi connectivity index (χ1v) is 4.30. The van der Waals surface area contributed by atoms with E-state index in [0.717, 1.165) is 16.5 Å². The molecule has 1 heterocycles. The average molecular weight is 186 g/mol. The molecule has 0 bridgehead atoms. The Labute approximate surface area is 81.9 Å². The Balaban J connectivity index is 2.57. The highest BCUT2D eigenvalue weighted by Gasteiger charge is 1.94. The Morgan fingerprint density at radius 2 is 2.21 bits per heavy atom. The zero-order valence-electron chi connectivity index (χ0n) is 7.57. The third-order valence-electron chi connectivity index (χ3n) is 1.95. The van der Waals surface area contributed by atoms with E-state index in [9.17, 15) is 4.39 Å². The van der Waals surface area contributed by atoms with Gasteiger partial charge in [0.2, 0.25) is 0 Å².